The van der Waals surface area contributed by atoms with Gasteiger partial charge in [0.1, 0.15) is 0 Å². The normalized spacial score (nSPS) is 17.4. The molecule has 1 atom stereocenters. The SMILES string of the molecule is O=S(=O)(CCC1CC1)NCC(O)c1ccccc1Cl. The molecule has 0 radical (unpaired) electrons. The summed E-state index contributed by atoms with van der Waals surface area (Å²) < 4.78 is 25.9. The van der Waals surface area contributed by atoms with Gasteiger partial charge in [-0.05, 0) is 18.4 Å². The number of rotatable bonds is 7. The molecule has 0 bridgehead atoms. The summed E-state index contributed by atoms with van der Waals surface area (Å²) in [6, 6.07) is 6.87. The second-order valence-corrected chi connectivity index (χ2v) is 7.27. The van der Waals surface area contributed by atoms with Gasteiger partial charge in [0.25, 0.3) is 0 Å². The number of aliphatic hydroxyl groups is 1. The summed E-state index contributed by atoms with van der Waals surface area (Å²) in [5.74, 6) is 0.706. The average Bonchev–Trinajstić information content (AvgIpc) is 3.18. The Morgan fingerprint density at radius 1 is 1.37 bits per heavy atom. The molecule has 0 heterocycles. The van der Waals surface area contributed by atoms with E-state index in [1.807, 2.05) is 0 Å². The van der Waals surface area contributed by atoms with Crippen molar-refractivity contribution in [2.24, 2.45) is 5.92 Å². The number of aliphatic hydroxyl groups excluding tert-OH is 1. The second-order valence-electron chi connectivity index (χ2n) is 4.94. The highest BCUT2D eigenvalue weighted by Gasteiger charge is 2.24. The van der Waals surface area contributed by atoms with Gasteiger partial charge in [0.15, 0.2) is 0 Å². The Bertz CT molecular complexity index is 528. The zero-order valence-corrected chi connectivity index (χ0v) is 12.1. The minimum Gasteiger partial charge on any atom is -0.387 e. The van der Waals surface area contributed by atoms with Crippen LogP contribution in [0.5, 0.6) is 0 Å². The number of hydrogen-bond donors (Lipinski definition) is 2. The Hall–Kier alpha value is -0.620. The van der Waals surface area contributed by atoms with Gasteiger partial charge in [-0.25, -0.2) is 13.1 Å². The lowest BCUT2D eigenvalue weighted by molar-refractivity contribution is 0.182. The Morgan fingerprint density at radius 2 is 2.05 bits per heavy atom. The molecule has 6 heteroatoms. The van der Waals surface area contributed by atoms with Crippen molar-refractivity contribution in [1.82, 2.24) is 4.72 Å². The summed E-state index contributed by atoms with van der Waals surface area (Å²) in [6.45, 7) is -0.0449. The number of hydrogen-bond acceptors (Lipinski definition) is 3. The molecule has 0 amide bonds. The Balaban J connectivity index is 1.85. The summed E-state index contributed by atoms with van der Waals surface area (Å²) in [6.07, 6.45) is 2.05. The fourth-order valence-electron chi connectivity index (χ4n) is 1.86. The number of sulfonamides is 1. The van der Waals surface area contributed by atoms with Gasteiger partial charge in [-0.2, -0.15) is 0 Å². The molecule has 19 heavy (non-hydrogen) atoms. The lowest BCUT2D eigenvalue weighted by Crippen LogP contribution is -2.30. The average molecular weight is 304 g/mol. The van der Waals surface area contributed by atoms with Gasteiger partial charge < -0.3 is 5.11 Å². The third kappa shape index (κ3) is 4.76. The van der Waals surface area contributed by atoms with Gasteiger partial charge >= 0.3 is 0 Å². The predicted molar refractivity (Wildman–Crippen MR) is 75.5 cm³/mol. The van der Waals surface area contributed by atoms with E-state index in [1.165, 1.54) is 0 Å². The van der Waals surface area contributed by atoms with Gasteiger partial charge in [0.05, 0.1) is 11.9 Å². The molecule has 2 rings (SSSR count). The molecule has 1 aromatic carbocycles. The topological polar surface area (TPSA) is 66.4 Å². The van der Waals surface area contributed by atoms with Crippen LogP contribution < -0.4 is 4.72 Å². The lowest BCUT2D eigenvalue weighted by atomic mass is 10.1. The van der Waals surface area contributed by atoms with Gasteiger partial charge in [-0.1, -0.05) is 42.6 Å². The molecule has 1 unspecified atom stereocenters. The molecule has 1 saturated carbocycles. The monoisotopic (exact) mass is 303 g/mol. The van der Waals surface area contributed by atoms with Gasteiger partial charge in [-0.15, -0.1) is 0 Å². The van der Waals surface area contributed by atoms with Crippen molar-refractivity contribution in [3.05, 3.63) is 34.9 Å². The van der Waals surface area contributed by atoms with Gasteiger partial charge in [0, 0.05) is 17.1 Å². The molecular formula is C13H18ClNO3S. The highest BCUT2D eigenvalue weighted by Crippen LogP contribution is 2.32. The summed E-state index contributed by atoms with van der Waals surface area (Å²) in [4.78, 5) is 0. The fourth-order valence-corrected chi connectivity index (χ4v) is 3.32. The van der Waals surface area contributed by atoms with Crippen molar-refractivity contribution in [2.45, 2.75) is 25.4 Å². The molecule has 106 valence electrons. The van der Waals surface area contributed by atoms with Crippen molar-refractivity contribution in [3.63, 3.8) is 0 Å². The summed E-state index contributed by atoms with van der Waals surface area (Å²) in [7, 11) is -3.31. The molecule has 1 aliphatic carbocycles. The van der Waals surface area contributed by atoms with E-state index in [9.17, 15) is 13.5 Å². The highest BCUT2D eigenvalue weighted by molar-refractivity contribution is 7.89. The molecular weight excluding hydrogens is 286 g/mol. The molecule has 0 aliphatic heterocycles. The van der Waals surface area contributed by atoms with Crippen LogP contribution in [0.15, 0.2) is 24.3 Å². The first kappa shape index (κ1) is 14.8. The standard InChI is InChI=1S/C13H18ClNO3S/c14-12-4-2-1-3-11(12)13(16)9-15-19(17,18)8-7-10-5-6-10/h1-4,10,13,15-16H,5-9H2. The van der Waals surface area contributed by atoms with E-state index >= 15 is 0 Å². The minimum atomic E-state index is -3.31. The first-order chi connectivity index (χ1) is 8.98. The van der Waals surface area contributed by atoms with Crippen molar-refractivity contribution in [1.29, 1.82) is 0 Å². The summed E-state index contributed by atoms with van der Waals surface area (Å²) >= 11 is 5.94. The van der Waals surface area contributed by atoms with Crippen LogP contribution in [0.1, 0.15) is 30.9 Å². The van der Waals surface area contributed by atoms with Gasteiger partial charge in [-0.3, -0.25) is 0 Å². The highest BCUT2D eigenvalue weighted by atomic mass is 35.5. The first-order valence-electron chi connectivity index (χ1n) is 6.38. The zero-order valence-electron chi connectivity index (χ0n) is 10.5. The van der Waals surface area contributed by atoms with Crippen LogP contribution in [-0.4, -0.2) is 25.8 Å². The molecule has 0 saturated heterocycles. The minimum absolute atomic E-state index is 0.0449. The second kappa shape index (κ2) is 6.22. The Morgan fingerprint density at radius 3 is 2.68 bits per heavy atom. The largest absolute Gasteiger partial charge is 0.387 e. The van der Waals surface area contributed by atoms with Crippen molar-refractivity contribution < 1.29 is 13.5 Å². The molecule has 2 N–H and O–H groups in total. The number of halogens is 1. The smallest absolute Gasteiger partial charge is 0.211 e. The van der Waals surface area contributed by atoms with Crippen LogP contribution in [0, 0.1) is 5.92 Å². The maximum absolute atomic E-state index is 11.7. The van der Waals surface area contributed by atoms with Gasteiger partial charge in [0.2, 0.25) is 10.0 Å². The fraction of sp³-hybridized carbons (Fsp3) is 0.538. The third-order valence-electron chi connectivity index (χ3n) is 3.25. The summed E-state index contributed by atoms with van der Waals surface area (Å²) in [5, 5.41) is 10.4. The molecule has 1 aromatic rings. The van der Waals surface area contributed by atoms with Crippen molar-refractivity contribution >= 4 is 21.6 Å². The van der Waals surface area contributed by atoms with E-state index in [-0.39, 0.29) is 12.3 Å². The van der Waals surface area contributed by atoms with Crippen LogP contribution in [0.3, 0.4) is 0 Å². The predicted octanol–water partition coefficient (Wildman–Crippen LogP) is 2.09. The van der Waals surface area contributed by atoms with E-state index in [2.05, 4.69) is 4.72 Å². The molecule has 0 spiro atoms. The third-order valence-corrected chi connectivity index (χ3v) is 4.98. The quantitative estimate of drug-likeness (QED) is 0.810. The number of benzene rings is 1. The van der Waals surface area contributed by atoms with E-state index < -0.39 is 16.1 Å². The first-order valence-corrected chi connectivity index (χ1v) is 8.41. The summed E-state index contributed by atoms with van der Waals surface area (Å²) in [5.41, 5.74) is 0.536. The van der Waals surface area contributed by atoms with Crippen LogP contribution >= 0.6 is 11.6 Å². The van der Waals surface area contributed by atoms with E-state index in [0.29, 0.717) is 22.9 Å². The zero-order chi connectivity index (χ0) is 13.9. The molecule has 4 nitrogen and oxygen atoms in total. The maximum Gasteiger partial charge on any atom is 0.211 e. The number of nitrogens with one attached hydrogen (secondary N) is 1. The van der Waals surface area contributed by atoms with E-state index in [4.69, 9.17) is 11.6 Å². The van der Waals surface area contributed by atoms with E-state index in [0.717, 1.165) is 12.8 Å². The van der Waals surface area contributed by atoms with Crippen molar-refractivity contribution in [3.8, 4) is 0 Å². The van der Waals surface area contributed by atoms with Crippen LogP contribution in [0.25, 0.3) is 0 Å². The van der Waals surface area contributed by atoms with Crippen LogP contribution in [-0.2, 0) is 10.0 Å². The van der Waals surface area contributed by atoms with Crippen molar-refractivity contribution in [2.75, 3.05) is 12.3 Å². The lowest BCUT2D eigenvalue weighted by Gasteiger charge is -2.13. The van der Waals surface area contributed by atoms with Crippen LogP contribution in [0.4, 0.5) is 0 Å². The molecule has 1 aliphatic rings. The molecule has 0 aromatic heterocycles. The van der Waals surface area contributed by atoms with Crippen LogP contribution in [0.2, 0.25) is 5.02 Å². The maximum atomic E-state index is 11.7. The Labute approximate surface area is 118 Å². The Kier molecular flexibility index (Phi) is 4.84. The van der Waals surface area contributed by atoms with E-state index in [1.54, 1.807) is 24.3 Å². The molecule has 1 fully saturated rings.